The van der Waals surface area contributed by atoms with E-state index < -0.39 is 0 Å². The number of aliphatic hydroxyl groups excluding tert-OH is 1. The van der Waals surface area contributed by atoms with Crippen molar-refractivity contribution in [3.63, 3.8) is 0 Å². The van der Waals surface area contributed by atoms with Crippen LogP contribution >= 0.6 is 0 Å². The Balaban J connectivity index is 1.88. The second kappa shape index (κ2) is 12.4. The lowest BCUT2D eigenvalue weighted by Gasteiger charge is -2.05. The van der Waals surface area contributed by atoms with Gasteiger partial charge in [-0.2, -0.15) is 0 Å². The normalized spacial score (nSPS) is 10.5. The van der Waals surface area contributed by atoms with Crippen molar-refractivity contribution in [1.29, 1.82) is 0 Å². The molecule has 0 aliphatic carbocycles. The van der Waals surface area contributed by atoms with Crippen LogP contribution in [0.3, 0.4) is 0 Å². The van der Waals surface area contributed by atoms with Gasteiger partial charge in [0.15, 0.2) is 0 Å². The Kier molecular flexibility index (Phi) is 10.4. The Labute approximate surface area is 128 Å². The molecule has 0 aromatic heterocycles. The fourth-order valence-electron chi connectivity index (χ4n) is 2.27. The van der Waals surface area contributed by atoms with Gasteiger partial charge in [0, 0.05) is 6.61 Å². The zero-order valence-corrected chi connectivity index (χ0v) is 12.9. The Morgan fingerprint density at radius 3 is 1.90 bits per heavy atom. The summed E-state index contributed by atoms with van der Waals surface area (Å²) in [5.41, 5.74) is 0.625. The van der Waals surface area contributed by atoms with E-state index in [0.717, 1.165) is 25.7 Å². The maximum Gasteiger partial charge on any atom is 0.338 e. The van der Waals surface area contributed by atoms with Gasteiger partial charge in [-0.1, -0.05) is 63.1 Å². The van der Waals surface area contributed by atoms with Gasteiger partial charge in [-0.15, -0.1) is 0 Å². The van der Waals surface area contributed by atoms with Crippen LogP contribution in [0.2, 0.25) is 0 Å². The van der Waals surface area contributed by atoms with E-state index in [-0.39, 0.29) is 5.97 Å². The van der Waals surface area contributed by atoms with Crippen LogP contribution < -0.4 is 0 Å². The summed E-state index contributed by atoms with van der Waals surface area (Å²) in [6.07, 6.45) is 10.4. The molecule has 0 aliphatic rings. The number of ether oxygens (including phenoxy) is 1. The first-order valence-corrected chi connectivity index (χ1v) is 8.17. The van der Waals surface area contributed by atoms with E-state index in [4.69, 9.17) is 9.84 Å². The summed E-state index contributed by atoms with van der Waals surface area (Å²) in [7, 11) is 0. The first kappa shape index (κ1) is 17.7. The number of unbranched alkanes of at least 4 members (excludes halogenated alkanes) is 8. The highest BCUT2D eigenvalue weighted by Crippen LogP contribution is 2.10. The van der Waals surface area contributed by atoms with Crippen molar-refractivity contribution in [3.05, 3.63) is 35.9 Å². The molecule has 3 nitrogen and oxygen atoms in total. The Hall–Kier alpha value is -1.35. The van der Waals surface area contributed by atoms with E-state index in [1.165, 1.54) is 32.1 Å². The highest BCUT2D eigenvalue weighted by molar-refractivity contribution is 5.89. The minimum atomic E-state index is -0.223. The van der Waals surface area contributed by atoms with E-state index in [2.05, 4.69) is 0 Å². The Bertz CT molecular complexity index is 362. The van der Waals surface area contributed by atoms with Gasteiger partial charge in [0.25, 0.3) is 0 Å². The molecule has 0 heterocycles. The number of benzene rings is 1. The zero-order chi connectivity index (χ0) is 15.2. The second-order valence-corrected chi connectivity index (χ2v) is 5.41. The number of rotatable bonds is 12. The lowest BCUT2D eigenvalue weighted by atomic mass is 10.1. The van der Waals surface area contributed by atoms with E-state index in [0.29, 0.717) is 18.8 Å². The highest BCUT2D eigenvalue weighted by atomic mass is 16.5. The molecule has 0 radical (unpaired) electrons. The Morgan fingerprint density at radius 1 is 0.810 bits per heavy atom. The van der Waals surface area contributed by atoms with Crippen LogP contribution in [-0.4, -0.2) is 24.3 Å². The molecule has 0 atom stereocenters. The molecular formula is C18H28O3. The van der Waals surface area contributed by atoms with Crippen molar-refractivity contribution >= 4 is 5.97 Å². The smallest absolute Gasteiger partial charge is 0.338 e. The number of hydrogen-bond acceptors (Lipinski definition) is 3. The van der Waals surface area contributed by atoms with Crippen molar-refractivity contribution in [2.75, 3.05) is 13.2 Å². The van der Waals surface area contributed by atoms with Crippen molar-refractivity contribution in [2.24, 2.45) is 0 Å². The van der Waals surface area contributed by atoms with Gasteiger partial charge < -0.3 is 9.84 Å². The van der Waals surface area contributed by atoms with Crippen molar-refractivity contribution < 1.29 is 14.6 Å². The van der Waals surface area contributed by atoms with Crippen LogP contribution in [0.4, 0.5) is 0 Å². The van der Waals surface area contributed by atoms with Gasteiger partial charge in [-0.25, -0.2) is 4.79 Å². The summed E-state index contributed by atoms with van der Waals surface area (Å²) in [4.78, 5) is 11.7. The molecule has 0 saturated heterocycles. The third kappa shape index (κ3) is 9.24. The molecule has 0 saturated carbocycles. The Morgan fingerprint density at radius 2 is 1.33 bits per heavy atom. The zero-order valence-electron chi connectivity index (χ0n) is 12.9. The fraction of sp³-hybridized carbons (Fsp3) is 0.611. The van der Waals surface area contributed by atoms with Gasteiger partial charge in [0.05, 0.1) is 12.2 Å². The van der Waals surface area contributed by atoms with Gasteiger partial charge in [-0.3, -0.25) is 0 Å². The quantitative estimate of drug-likeness (QED) is 0.460. The topological polar surface area (TPSA) is 46.5 Å². The first-order valence-electron chi connectivity index (χ1n) is 8.17. The fourth-order valence-corrected chi connectivity index (χ4v) is 2.27. The molecule has 1 aromatic rings. The number of esters is 1. The molecule has 1 aromatic carbocycles. The van der Waals surface area contributed by atoms with Crippen LogP contribution in [0, 0.1) is 0 Å². The van der Waals surface area contributed by atoms with Crippen LogP contribution in [0.5, 0.6) is 0 Å². The highest BCUT2D eigenvalue weighted by Gasteiger charge is 2.04. The van der Waals surface area contributed by atoms with E-state index >= 15 is 0 Å². The number of aliphatic hydroxyl groups is 1. The first-order chi connectivity index (χ1) is 10.3. The van der Waals surface area contributed by atoms with Crippen LogP contribution in [0.15, 0.2) is 30.3 Å². The number of hydrogen-bond donors (Lipinski definition) is 1. The van der Waals surface area contributed by atoms with Crippen molar-refractivity contribution in [3.8, 4) is 0 Å². The van der Waals surface area contributed by atoms with Crippen LogP contribution in [0.1, 0.15) is 68.1 Å². The molecule has 0 bridgehead atoms. The summed E-state index contributed by atoms with van der Waals surface area (Å²) in [5, 5.41) is 8.67. The molecule has 21 heavy (non-hydrogen) atoms. The monoisotopic (exact) mass is 292 g/mol. The average Bonchev–Trinajstić information content (AvgIpc) is 2.53. The van der Waals surface area contributed by atoms with Crippen LogP contribution in [0.25, 0.3) is 0 Å². The maximum absolute atomic E-state index is 11.7. The summed E-state index contributed by atoms with van der Waals surface area (Å²) in [6.45, 7) is 0.839. The number of carbonyl (C=O) groups is 1. The molecular weight excluding hydrogens is 264 g/mol. The SMILES string of the molecule is O=C(OCCCCCCCCCCCO)c1ccccc1. The lowest BCUT2D eigenvalue weighted by molar-refractivity contribution is 0.0497. The van der Waals surface area contributed by atoms with Crippen LogP contribution in [-0.2, 0) is 4.74 Å². The predicted octanol–water partition coefficient (Wildman–Crippen LogP) is 4.35. The summed E-state index contributed by atoms with van der Waals surface area (Å²) in [5.74, 6) is -0.223. The van der Waals surface area contributed by atoms with Crippen molar-refractivity contribution in [2.45, 2.75) is 57.8 Å². The van der Waals surface area contributed by atoms with Crippen molar-refractivity contribution in [1.82, 2.24) is 0 Å². The molecule has 0 amide bonds. The minimum Gasteiger partial charge on any atom is -0.462 e. The van der Waals surface area contributed by atoms with Gasteiger partial charge >= 0.3 is 5.97 Å². The maximum atomic E-state index is 11.7. The second-order valence-electron chi connectivity index (χ2n) is 5.41. The molecule has 0 aliphatic heterocycles. The minimum absolute atomic E-state index is 0.223. The van der Waals surface area contributed by atoms with Gasteiger partial charge in [-0.05, 0) is 25.0 Å². The third-order valence-corrected chi connectivity index (χ3v) is 3.55. The average molecular weight is 292 g/mol. The molecule has 0 unspecified atom stereocenters. The summed E-state index contributed by atoms with van der Waals surface area (Å²) in [6, 6.07) is 9.13. The summed E-state index contributed by atoms with van der Waals surface area (Å²) >= 11 is 0. The third-order valence-electron chi connectivity index (χ3n) is 3.55. The van der Waals surface area contributed by atoms with Gasteiger partial charge in [0.1, 0.15) is 0 Å². The number of carbonyl (C=O) groups excluding carboxylic acids is 1. The summed E-state index contributed by atoms with van der Waals surface area (Å²) < 4.78 is 5.24. The van der Waals surface area contributed by atoms with E-state index in [1.54, 1.807) is 12.1 Å². The van der Waals surface area contributed by atoms with E-state index in [1.807, 2.05) is 18.2 Å². The molecule has 3 heteroatoms. The molecule has 118 valence electrons. The molecule has 1 rings (SSSR count). The molecule has 1 N–H and O–H groups in total. The van der Waals surface area contributed by atoms with Gasteiger partial charge in [0.2, 0.25) is 0 Å². The lowest BCUT2D eigenvalue weighted by Crippen LogP contribution is -2.06. The van der Waals surface area contributed by atoms with E-state index in [9.17, 15) is 4.79 Å². The largest absolute Gasteiger partial charge is 0.462 e. The predicted molar refractivity (Wildman–Crippen MR) is 85.4 cm³/mol. The standard InChI is InChI=1S/C18H28O3/c19-15-11-6-4-2-1-3-5-7-12-16-21-18(20)17-13-9-8-10-14-17/h8-10,13-14,19H,1-7,11-12,15-16H2. The molecule has 0 spiro atoms. The molecule has 0 fully saturated rings.